The molecule has 0 aliphatic carbocycles. The molecule has 0 spiro atoms. The number of carbonyl (C=O) groups excluding carboxylic acids is 5. The van der Waals surface area contributed by atoms with E-state index >= 15 is 0 Å². The van der Waals surface area contributed by atoms with Crippen molar-refractivity contribution >= 4 is 47.4 Å². The number of hydrogen-bond donors (Lipinski definition) is 11. The molecule has 14 N–H and O–H groups in total. The van der Waals surface area contributed by atoms with Crippen molar-refractivity contribution in [2.75, 3.05) is 26.2 Å². The molecule has 19 heteroatoms. The van der Waals surface area contributed by atoms with Gasteiger partial charge in [0.2, 0.25) is 29.5 Å². The first-order valence-corrected chi connectivity index (χ1v) is 13.4. The SMILES string of the molecule is CCC(C)C(NC(=O)C(CO)NC(=O)CN)C(=O)NC(CCC(=O)O)C(=O)NCC(=O)NC(CCCN=C(N)N)C(=O)O. The minimum Gasteiger partial charge on any atom is -0.481 e. The number of nitrogens with zero attached hydrogens (tertiary/aromatic N) is 1. The van der Waals surface area contributed by atoms with Crippen molar-refractivity contribution in [3.63, 3.8) is 0 Å². The molecule has 0 aromatic carbocycles. The normalized spacial score (nSPS) is 14.0. The lowest BCUT2D eigenvalue weighted by Crippen LogP contribution is -2.59. The smallest absolute Gasteiger partial charge is 0.326 e. The highest BCUT2D eigenvalue weighted by Gasteiger charge is 2.32. The van der Waals surface area contributed by atoms with Crippen molar-refractivity contribution in [3.8, 4) is 0 Å². The number of aliphatic hydroxyl groups excluding tert-OH is 1. The van der Waals surface area contributed by atoms with Gasteiger partial charge in [-0.25, -0.2) is 4.79 Å². The molecule has 0 radical (unpaired) electrons. The Kier molecular flexibility index (Phi) is 18.2. The van der Waals surface area contributed by atoms with E-state index < -0.39 is 97.7 Å². The molecule has 43 heavy (non-hydrogen) atoms. The van der Waals surface area contributed by atoms with Crippen LogP contribution >= 0.6 is 0 Å². The molecule has 0 aromatic rings. The summed E-state index contributed by atoms with van der Waals surface area (Å²) in [4.78, 5) is 88.9. The van der Waals surface area contributed by atoms with Gasteiger partial charge in [0.1, 0.15) is 24.2 Å². The predicted molar refractivity (Wildman–Crippen MR) is 151 cm³/mol. The fourth-order valence-corrected chi connectivity index (χ4v) is 3.50. The van der Waals surface area contributed by atoms with E-state index in [9.17, 15) is 43.8 Å². The second kappa shape index (κ2) is 20.4. The van der Waals surface area contributed by atoms with Crippen molar-refractivity contribution in [3.05, 3.63) is 0 Å². The number of nitrogens with one attached hydrogen (secondary N) is 5. The van der Waals surface area contributed by atoms with Crippen LogP contribution in [0.3, 0.4) is 0 Å². The van der Waals surface area contributed by atoms with Crippen molar-refractivity contribution in [2.45, 2.75) is 70.1 Å². The van der Waals surface area contributed by atoms with Gasteiger partial charge in [-0.2, -0.15) is 0 Å². The maximum Gasteiger partial charge on any atom is 0.326 e. The number of hydrogen-bond acceptors (Lipinski definition) is 10. The molecule has 19 nitrogen and oxygen atoms in total. The summed E-state index contributed by atoms with van der Waals surface area (Å²) in [6, 6.07) is -5.44. The highest BCUT2D eigenvalue weighted by Crippen LogP contribution is 2.10. The second-order valence-corrected chi connectivity index (χ2v) is 9.50. The predicted octanol–water partition coefficient (Wildman–Crippen LogP) is -4.96. The molecule has 5 unspecified atom stereocenters. The van der Waals surface area contributed by atoms with Crippen molar-refractivity contribution < 1.29 is 48.9 Å². The van der Waals surface area contributed by atoms with Gasteiger partial charge >= 0.3 is 11.9 Å². The number of guanidine groups is 1. The van der Waals surface area contributed by atoms with E-state index in [0.717, 1.165) is 0 Å². The van der Waals surface area contributed by atoms with Gasteiger partial charge < -0.3 is 59.1 Å². The first-order chi connectivity index (χ1) is 20.2. The maximum atomic E-state index is 13.2. The van der Waals surface area contributed by atoms with Crippen LogP contribution in [0.1, 0.15) is 46.0 Å². The lowest BCUT2D eigenvalue weighted by Gasteiger charge is -2.28. The molecule has 0 saturated carbocycles. The lowest BCUT2D eigenvalue weighted by atomic mass is 9.97. The standard InChI is InChI=1S/C24H43N9O10/c1-3-12(2)19(33-21(40)15(11-34)31-16(35)9-25)22(41)32-13(6-7-18(37)38)20(39)29-10-17(36)30-14(23(42)43)5-4-8-28-24(26)27/h12-15,19,34H,3-11,25H2,1-2H3,(H,29,39)(H,30,36)(H,31,35)(H,32,41)(H,33,40)(H,37,38)(H,42,43)(H4,26,27,28). The Hall–Kier alpha value is -4.52. The Morgan fingerprint density at radius 1 is 0.814 bits per heavy atom. The van der Waals surface area contributed by atoms with E-state index in [1.807, 2.05) is 0 Å². The molecule has 0 aromatic heterocycles. The Bertz CT molecular complexity index is 1020. The summed E-state index contributed by atoms with van der Waals surface area (Å²) in [7, 11) is 0. The number of aliphatic imine (C=N–C) groups is 1. The average Bonchev–Trinajstić information content (AvgIpc) is 2.95. The Balaban J connectivity index is 5.50. The Morgan fingerprint density at radius 2 is 1.44 bits per heavy atom. The third kappa shape index (κ3) is 15.9. The number of aliphatic carboxylic acids is 2. The first kappa shape index (κ1) is 38.5. The van der Waals surface area contributed by atoms with Crippen LogP contribution in [0.5, 0.6) is 0 Å². The molecule has 0 bridgehead atoms. The largest absolute Gasteiger partial charge is 0.481 e. The number of carboxylic acids is 2. The van der Waals surface area contributed by atoms with Gasteiger partial charge in [-0.1, -0.05) is 20.3 Å². The fraction of sp³-hybridized carbons (Fsp3) is 0.667. The first-order valence-electron chi connectivity index (χ1n) is 13.4. The van der Waals surface area contributed by atoms with Gasteiger partial charge in [0, 0.05) is 13.0 Å². The molecule has 5 atom stereocenters. The minimum atomic E-state index is -1.46. The van der Waals surface area contributed by atoms with Gasteiger partial charge in [0.05, 0.1) is 19.7 Å². The monoisotopic (exact) mass is 617 g/mol. The van der Waals surface area contributed by atoms with Crippen LogP contribution in [-0.4, -0.2) is 113 Å². The van der Waals surface area contributed by atoms with Gasteiger partial charge in [0.25, 0.3) is 0 Å². The van der Waals surface area contributed by atoms with Crippen molar-refractivity contribution in [1.29, 1.82) is 0 Å². The topological polar surface area (TPSA) is 331 Å². The van der Waals surface area contributed by atoms with Crippen molar-refractivity contribution in [2.24, 2.45) is 28.1 Å². The molecule has 0 rings (SSSR count). The zero-order chi connectivity index (χ0) is 33.1. The van der Waals surface area contributed by atoms with Crippen molar-refractivity contribution in [1.82, 2.24) is 26.6 Å². The van der Waals surface area contributed by atoms with E-state index in [1.54, 1.807) is 13.8 Å². The average molecular weight is 618 g/mol. The zero-order valence-corrected chi connectivity index (χ0v) is 24.1. The van der Waals surface area contributed by atoms with Crippen LogP contribution < -0.4 is 43.8 Å². The molecule has 244 valence electrons. The highest BCUT2D eigenvalue weighted by molar-refractivity contribution is 5.95. The van der Waals surface area contributed by atoms with Crippen LogP contribution in [0.4, 0.5) is 0 Å². The van der Waals surface area contributed by atoms with Crippen LogP contribution in [0.2, 0.25) is 0 Å². The fourth-order valence-electron chi connectivity index (χ4n) is 3.50. The molecule has 0 saturated heterocycles. The van der Waals surface area contributed by atoms with Gasteiger partial charge in [-0.15, -0.1) is 0 Å². The Morgan fingerprint density at radius 3 is 1.95 bits per heavy atom. The highest BCUT2D eigenvalue weighted by atomic mass is 16.4. The number of nitrogens with two attached hydrogens (primary N) is 3. The molecule has 0 aliphatic rings. The van der Waals surface area contributed by atoms with E-state index in [1.165, 1.54) is 0 Å². The van der Waals surface area contributed by atoms with Crippen LogP contribution in [-0.2, 0) is 33.6 Å². The van der Waals surface area contributed by atoms with E-state index in [-0.39, 0.29) is 31.8 Å². The number of aliphatic hydroxyl groups is 1. The summed E-state index contributed by atoms with van der Waals surface area (Å²) < 4.78 is 0. The summed E-state index contributed by atoms with van der Waals surface area (Å²) in [5.74, 6) is -7.61. The molecule has 0 fully saturated rings. The van der Waals surface area contributed by atoms with E-state index in [2.05, 4.69) is 31.6 Å². The number of carboxylic acid groups (broad SMARTS) is 2. The van der Waals surface area contributed by atoms with Crippen LogP contribution in [0, 0.1) is 5.92 Å². The van der Waals surface area contributed by atoms with Gasteiger partial charge in [0.15, 0.2) is 5.96 Å². The lowest BCUT2D eigenvalue weighted by molar-refractivity contribution is -0.142. The quantitative estimate of drug-likeness (QED) is 0.0327. The van der Waals surface area contributed by atoms with Gasteiger partial charge in [-0.05, 0) is 25.2 Å². The summed E-state index contributed by atoms with van der Waals surface area (Å²) in [5.41, 5.74) is 15.6. The third-order valence-corrected chi connectivity index (χ3v) is 6.09. The zero-order valence-electron chi connectivity index (χ0n) is 24.1. The van der Waals surface area contributed by atoms with E-state index in [4.69, 9.17) is 22.3 Å². The molecular weight excluding hydrogens is 574 g/mol. The summed E-state index contributed by atoms with van der Waals surface area (Å²) in [5, 5.41) is 39.4. The van der Waals surface area contributed by atoms with E-state index in [0.29, 0.717) is 6.42 Å². The van der Waals surface area contributed by atoms with Crippen LogP contribution in [0.15, 0.2) is 4.99 Å². The molecule has 5 amide bonds. The van der Waals surface area contributed by atoms with Gasteiger partial charge in [-0.3, -0.25) is 33.8 Å². The summed E-state index contributed by atoms with van der Waals surface area (Å²) >= 11 is 0. The second-order valence-electron chi connectivity index (χ2n) is 9.50. The number of rotatable bonds is 21. The maximum absolute atomic E-state index is 13.2. The number of carbonyl (C=O) groups is 7. The molecular formula is C24H43N9O10. The summed E-state index contributed by atoms with van der Waals surface area (Å²) in [6.45, 7) is 1.52. The number of amides is 5. The third-order valence-electron chi connectivity index (χ3n) is 6.09. The molecule has 0 heterocycles. The molecule has 0 aliphatic heterocycles. The Labute approximate surface area is 247 Å². The summed E-state index contributed by atoms with van der Waals surface area (Å²) in [6.07, 6.45) is -0.334. The van der Waals surface area contributed by atoms with Crippen LogP contribution in [0.25, 0.3) is 0 Å². The minimum absolute atomic E-state index is 0.0150.